The van der Waals surface area contributed by atoms with Crippen LogP contribution < -0.4 is 17.0 Å². The SMILES string of the molecule is CC(c1ccccc1Cl)N(C)CC(=O)c1c(N)n(C)c(=O)n(C)c1=O. The summed E-state index contributed by atoms with van der Waals surface area (Å²) in [6.45, 7) is 1.88. The molecule has 1 aromatic carbocycles. The monoisotopic (exact) mass is 364 g/mol. The summed E-state index contributed by atoms with van der Waals surface area (Å²) < 4.78 is 1.97. The van der Waals surface area contributed by atoms with Gasteiger partial charge in [0.1, 0.15) is 11.4 Å². The summed E-state index contributed by atoms with van der Waals surface area (Å²) in [5.74, 6) is -0.577. The first-order valence-electron chi connectivity index (χ1n) is 7.70. The number of benzene rings is 1. The minimum atomic E-state index is -0.690. The lowest BCUT2D eigenvalue weighted by Crippen LogP contribution is -2.43. The van der Waals surface area contributed by atoms with Gasteiger partial charge in [0.15, 0.2) is 5.78 Å². The molecule has 1 heterocycles. The molecule has 25 heavy (non-hydrogen) atoms. The van der Waals surface area contributed by atoms with Crippen molar-refractivity contribution in [3.8, 4) is 0 Å². The van der Waals surface area contributed by atoms with E-state index in [4.69, 9.17) is 17.3 Å². The van der Waals surface area contributed by atoms with E-state index in [1.807, 2.05) is 25.1 Å². The molecule has 8 heteroatoms. The molecule has 0 aliphatic carbocycles. The molecule has 1 aromatic heterocycles. The van der Waals surface area contributed by atoms with E-state index in [0.29, 0.717) is 5.02 Å². The number of carbonyl (C=O) groups excluding carboxylic acids is 1. The Bertz CT molecular complexity index is 932. The fraction of sp³-hybridized carbons (Fsp3) is 0.353. The quantitative estimate of drug-likeness (QED) is 0.805. The number of likely N-dealkylation sites (N-methyl/N-ethyl adjacent to an activating group) is 1. The van der Waals surface area contributed by atoms with Crippen LogP contribution in [0.4, 0.5) is 5.82 Å². The second-order valence-electron chi connectivity index (χ2n) is 6.00. The number of hydrogen-bond donors (Lipinski definition) is 1. The highest BCUT2D eigenvalue weighted by Gasteiger charge is 2.23. The predicted molar refractivity (Wildman–Crippen MR) is 98.2 cm³/mol. The van der Waals surface area contributed by atoms with Gasteiger partial charge in [0, 0.05) is 25.2 Å². The van der Waals surface area contributed by atoms with E-state index in [0.717, 1.165) is 14.7 Å². The van der Waals surface area contributed by atoms with Crippen LogP contribution in [0.1, 0.15) is 28.9 Å². The van der Waals surface area contributed by atoms with Gasteiger partial charge < -0.3 is 5.73 Å². The van der Waals surface area contributed by atoms with Crippen LogP contribution in [0.15, 0.2) is 33.9 Å². The molecule has 0 fully saturated rings. The zero-order chi connectivity index (χ0) is 18.9. The van der Waals surface area contributed by atoms with Crippen LogP contribution in [-0.4, -0.2) is 33.4 Å². The number of carbonyl (C=O) groups is 1. The Kier molecular flexibility index (Phi) is 5.49. The molecular weight excluding hydrogens is 344 g/mol. The Morgan fingerprint density at radius 1 is 1.24 bits per heavy atom. The Labute approximate surface area is 150 Å². The van der Waals surface area contributed by atoms with Crippen LogP contribution in [0.25, 0.3) is 0 Å². The number of ketones is 1. The molecule has 0 amide bonds. The van der Waals surface area contributed by atoms with Gasteiger partial charge in [0.2, 0.25) is 0 Å². The number of aromatic nitrogens is 2. The molecule has 134 valence electrons. The number of Topliss-reactive ketones (excluding diaryl/α,β-unsaturated/α-hetero) is 1. The van der Waals surface area contributed by atoms with Crippen molar-refractivity contribution in [2.24, 2.45) is 14.1 Å². The van der Waals surface area contributed by atoms with Crippen molar-refractivity contribution in [2.45, 2.75) is 13.0 Å². The normalized spacial score (nSPS) is 12.4. The second-order valence-corrected chi connectivity index (χ2v) is 6.41. The highest BCUT2D eigenvalue weighted by atomic mass is 35.5. The van der Waals surface area contributed by atoms with Gasteiger partial charge in [-0.25, -0.2) is 4.79 Å². The van der Waals surface area contributed by atoms with Crippen molar-refractivity contribution >= 4 is 23.2 Å². The van der Waals surface area contributed by atoms with Gasteiger partial charge in [-0.3, -0.25) is 23.6 Å². The molecule has 0 saturated heterocycles. The Morgan fingerprint density at radius 3 is 2.44 bits per heavy atom. The van der Waals surface area contributed by atoms with Crippen LogP contribution in [0, 0.1) is 0 Å². The first kappa shape index (κ1) is 19.0. The van der Waals surface area contributed by atoms with Gasteiger partial charge in [0.05, 0.1) is 6.54 Å². The second kappa shape index (κ2) is 7.25. The summed E-state index contributed by atoms with van der Waals surface area (Å²) in [6, 6.07) is 7.22. The van der Waals surface area contributed by atoms with Gasteiger partial charge >= 0.3 is 5.69 Å². The molecule has 2 aromatic rings. The molecule has 1 unspecified atom stereocenters. The van der Waals surface area contributed by atoms with Crippen LogP contribution in [0.5, 0.6) is 0 Å². The van der Waals surface area contributed by atoms with E-state index in [1.165, 1.54) is 14.1 Å². The molecule has 0 saturated carbocycles. The number of anilines is 1. The number of halogens is 1. The van der Waals surface area contributed by atoms with Crippen LogP contribution >= 0.6 is 11.6 Å². The molecular formula is C17H21ClN4O3. The lowest BCUT2D eigenvalue weighted by atomic mass is 10.1. The average Bonchev–Trinajstić information content (AvgIpc) is 2.58. The maximum atomic E-state index is 12.6. The first-order chi connectivity index (χ1) is 11.7. The number of nitrogens with zero attached hydrogens (tertiary/aromatic N) is 3. The van der Waals surface area contributed by atoms with Crippen LogP contribution in [-0.2, 0) is 14.1 Å². The number of nitrogens with two attached hydrogens (primary N) is 1. The number of nitrogen functional groups attached to an aromatic ring is 1. The maximum Gasteiger partial charge on any atom is 0.332 e. The van der Waals surface area contributed by atoms with Gasteiger partial charge in [-0.2, -0.15) is 0 Å². The van der Waals surface area contributed by atoms with Gasteiger partial charge in [-0.05, 0) is 25.6 Å². The maximum absolute atomic E-state index is 12.6. The molecule has 1 atom stereocenters. The molecule has 7 nitrogen and oxygen atoms in total. The third-order valence-electron chi connectivity index (χ3n) is 4.40. The largest absolute Gasteiger partial charge is 0.384 e. The van der Waals surface area contributed by atoms with Crippen molar-refractivity contribution in [3.05, 3.63) is 61.3 Å². The lowest BCUT2D eigenvalue weighted by molar-refractivity contribution is 0.0923. The minimum absolute atomic E-state index is 0.0377. The molecule has 0 aliphatic heterocycles. The van der Waals surface area contributed by atoms with Crippen molar-refractivity contribution in [1.82, 2.24) is 14.0 Å². The van der Waals surface area contributed by atoms with Gasteiger partial charge in [-0.1, -0.05) is 29.8 Å². The molecule has 2 N–H and O–H groups in total. The number of rotatable bonds is 5. The summed E-state index contributed by atoms with van der Waals surface area (Å²) in [5.41, 5.74) is 5.27. The van der Waals surface area contributed by atoms with Crippen molar-refractivity contribution in [1.29, 1.82) is 0 Å². The Morgan fingerprint density at radius 2 is 1.84 bits per heavy atom. The third-order valence-corrected chi connectivity index (χ3v) is 4.74. The fourth-order valence-corrected chi connectivity index (χ4v) is 2.91. The van der Waals surface area contributed by atoms with Crippen molar-refractivity contribution < 1.29 is 4.79 Å². The van der Waals surface area contributed by atoms with E-state index < -0.39 is 17.0 Å². The van der Waals surface area contributed by atoms with Gasteiger partial charge in [0.25, 0.3) is 5.56 Å². The molecule has 0 bridgehead atoms. The topological polar surface area (TPSA) is 90.3 Å². The zero-order valence-electron chi connectivity index (χ0n) is 14.6. The zero-order valence-corrected chi connectivity index (χ0v) is 15.4. The lowest BCUT2D eigenvalue weighted by Gasteiger charge is -2.25. The Balaban J connectivity index is 2.33. The van der Waals surface area contributed by atoms with Crippen molar-refractivity contribution in [2.75, 3.05) is 19.3 Å². The summed E-state index contributed by atoms with van der Waals surface area (Å²) in [5, 5.41) is 0.604. The molecule has 0 spiro atoms. The fourth-order valence-electron chi connectivity index (χ4n) is 2.62. The highest BCUT2D eigenvalue weighted by molar-refractivity contribution is 6.31. The summed E-state index contributed by atoms with van der Waals surface area (Å²) in [7, 11) is 4.50. The predicted octanol–water partition coefficient (Wildman–Crippen LogP) is 1.20. The van der Waals surface area contributed by atoms with E-state index >= 15 is 0 Å². The van der Waals surface area contributed by atoms with Crippen LogP contribution in [0.2, 0.25) is 5.02 Å². The van der Waals surface area contributed by atoms with E-state index in [9.17, 15) is 14.4 Å². The summed E-state index contributed by atoms with van der Waals surface area (Å²) in [6.07, 6.45) is 0. The van der Waals surface area contributed by atoms with Crippen molar-refractivity contribution in [3.63, 3.8) is 0 Å². The average molecular weight is 365 g/mol. The molecule has 0 radical (unpaired) electrons. The van der Waals surface area contributed by atoms with E-state index in [2.05, 4.69) is 0 Å². The summed E-state index contributed by atoms with van der Waals surface area (Å²) >= 11 is 6.20. The molecule has 0 aliphatic rings. The third kappa shape index (κ3) is 3.52. The standard InChI is InChI=1S/C17H21ClN4O3/c1-10(11-7-5-6-8-12(11)18)20(2)9-13(23)14-15(19)21(3)17(25)22(4)16(14)24/h5-8,10H,9,19H2,1-4H3. The summed E-state index contributed by atoms with van der Waals surface area (Å²) in [4.78, 5) is 38.6. The smallest absolute Gasteiger partial charge is 0.332 e. The minimum Gasteiger partial charge on any atom is -0.384 e. The Hall–Kier alpha value is -2.38. The first-order valence-corrected chi connectivity index (χ1v) is 8.08. The van der Waals surface area contributed by atoms with Gasteiger partial charge in [-0.15, -0.1) is 0 Å². The van der Waals surface area contributed by atoms with E-state index in [-0.39, 0.29) is 24.0 Å². The van der Waals surface area contributed by atoms with Crippen LogP contribution in [0.3, 0.4) is 0 Å². The number of hydrogen-bond acceptors (Lipinski definition) is 5. The van der Waals surface area contributed by atoms with E-state index in [1.54, 1.807) is 18.0 Å². The highest BCUT2D eigenvalue weighted by Crippen LogP contribution is 2.26. The molecule has 2 rings (SSSR count).